The minimum Gasteiger partial charge on any atom is -0.368 e. The van der Waals surface area contributed by atoms with Gasteiger partial charge in [-0.3, -0.25) is 9.78 Å². The number of carbonyl (C=O) groups is 1. The zero-order chi connectivity index (χ0) is 17.8. The first kappa shape index (κ1) is 17.9. The molecule has 1 amide bonds. The second-order valence-electron chi connectivity index (χ2n) is 6.66. The van der Waals surface area contributed by atoms with Gasteiger partial charge in [-0.25, -0.2) is 0 Å². The van der Waals surface area contributed by atoms with Crippen molar-refractivity contribution in [3.05, 3.63) is 64.4 Å². The number of aromatic nitrogens is 1. The van der Waals surface area contributed by atoms with Crippen LogP contribution >= 0.6 is 11.6 Å². The van der Waals surface area contributed by atoms with Crippen molar-refractivity contribution < 1.29 is 9.53 Å². The van der Waals surface area contributed by atoms with Crippen LogP contribution in [0.3, 0.4) is 0 Å². The van der Waals surface area contributed by atoms with Crippen molar-refractivity contribution in [3.63, 3.8) is 0 Å². The molecule has 132 valence electrons. The minimum absolute atomic E-state index is 0.00436. The van der Waals surface area contributed by atoms with E-state index in [1.54, 1.807) is 0 Å². The van der Waals surface area contributed by atoms with Gasteiger partial charge in [-0.2, -0.15) is 0 Å². The molecule has 1 aromatic carbocycles. The molecule has 4 nitrogen and oxygen atoms in total. The largest absolute Gasteiger partial charge is 0.368 e. The third-order valence-electron chi connectivity index (χ3n) is 4.40. The summed E-state index contributed by atoms with van der Waals surface area (Å²) in [6, 6.07) is 11.9. The Kier molecular flexibility index (Phi) is 5.71. The van der Waals surface area contributed by atoms with Gasteiger partial charge in [0.1, 0.15) is 6.10 Å². The van der Waals surface area contributed by atoms with Crippen LogP contribution in [0.2, 0.25) is 5.02 Å². The molecule has 0 spiro atoms. The highest BCUT2D eigenvalue weighted by molar-refractivity contribution is 6.31. The molecule has 3 rings (SSSR count). The summed E-state index contributed by atoms with van der Waals surface area (Å²) < 4.78 is 5.82. The smallest absolute Gasteiger partial charge is 0.225 e. The average molecular weight is 359 g/mol. The molecule has 25 heavy (non-hydrogen) atoms. The van der Waals surface area contributed by atoms with E-state index in [2.05, 4.69) is 11.1 Å². The molecule has 1 aliphatic rings. The monoisotopic (exact) mass is 358 g/mol. The zero-order valence-corrected chi connectivity index (χ0v) is 15.4. The van der Waals surface area contributed by atoms with Gasteiger partial charge < -0.3 is 9.64 Å². The predicted molar refractivity (Wildman–Crippen MR) is 98.6 cm³/mol. The number of rotatable bonds is 4. The van der Waals surface area contributed by atoms with E-state index in [1.807, 2.05) is 55.3 Å². The highest BCUT2D eigenvalue weighted by atomic mass is 35.5. The van der Waals surface area contributed by atoms with Crippen LogP contribution in [0.1, 0.15) is 36.8 Å². The summed E-state index contributed by atoms with van der Waals surface area (Å²) in [6.45, 7) is 5.61. The van der Waals surface area contributed by atoms with Crippen molar-refractivity contribution in [2.45, 2.75) is 26.4 Å². The Balaban J connectivity index is 1.68. The first-order valence-corrected chi connectivity index (χ1v) is 9.01. The fourth-order valence-electron chi connectivity index (χ4n) is 2.99. The predicted octanol–water partition coefficient (Wildman–Crippen LogP) is 3.88. The Bertz CT molecular complexity index is 731. The summed E-state index contributed by atoms with van der Waals surface area (Å²) in [5, 5.41) is 0.769. The van der Waals surface area contributed by atoms with Crippen molar-refractivity contribution in [3.8, 4) is 0 Å². The molecule has 0 aliphatic carbocycles. The molecule has 1 atom stereocenters. The molecule has 0 saturated carbocycles. The third-order valence-corrected chi connectivity index (χ3v) is 4.77. The Morgan fingerprint density at radius 2 is 2.12 bits per heavy atom. The van der Waals surface area contributed by atoms with Crippen LogP contribution in [0, 0.1) is 5.92 Å². The van der Waals surface area contributed by atoms with E-state index in [4.69, 9.17) is 16.3 Å². The minimum atomic E-state index is -0.161. The van der Waals surface area contributed by atoms with Crippen molar-refractivity contribution in [1.29, 1.82) is 0 Å². The molecule has 1 aromatic heterocycles. The highest BCUT2D eigenvalue weighted by Crippen LogP contribution is 2.23. The molecule has 1 saturated heterocycles. The first-order valence-electron chi connectivity index (χ1n) is 8.63. The molecule has 0 radical (unpaired) electrons. The number of halogens is 1. The molecule has 2 heterocycles. The van der Waals surface area contributed by atoms with Crippen molar-refractivity contribution in [1.82, 2.24) is 9.88 Å². The maximum Gasteiger partial charge on any atom is 0.225 e. The number of hydrogen-bond donors (Lipinski definition) is 0. The van der Waals surface area contributed by atoms with Gasteiger partial charge in [0, 0.05) is 30.1 Å². The highest BCUT2D eigenvalue weighted by Gasteiger charge is 2.27. The molecule has 1 aliphatic heterocycles. The van der Waals surface area contributed by atoms with E-state index in [-0.39, 0.29) is 17.9 Å². The third kappa shape index (κ3) is 4.39. The SMILES string of the molecule is CC(C)C(=O)N1CCO[C@@H](c2ccc(Cc3ccccc3Cl)cn2)C1. The maximum atomic E-state index is 12.2. The number of benzene rings is 1. The Morgan fingerprint density at radius 1 is 1.32 bits per heavy atom. The lowest BCUT2D eigenvalue weighted by Gasteiger charge is -2.33. The van der Waals surface area contributed by atoms with E-state index in [0.717, 1.165) is 28.3 Å². The van der Waals surface area contributed by atoms with Crippen LogP contribution in [-0.4, -0.2) is 35.5 Å². The van der Waals surface area contributed by atoms with E-state index in [0.29, 0.717) is 19.7 Å². The lowest BCUT2D eigenvalue weighted by molar-refractivity contribution is -0.142. The second-order valence-corrected chi connectivity index (χ2v) is 7.07. The summed E-state index contributed by atoms with van der Waals surface area (Å²) in [5.74, 6) is 0.174. The number of nitrogens with zero attached hydrogens (tertiary/aromatic N) is 2. The molecular formula is C20H23ClN2O2. The number of ether oxygens (including phenoxy) is 1. The number of carbonyl (C=O) groups excluding carboxylic acids is 1. The summed E-state index contributed by atoms with van der Waals surface area (Å²) in [7, 11) is 0. The van der Waals surface area contributed by atoms with E-state index < -0.39 is 0 Å². The van der Waals surface area contributed by atoms with Gasteiger partial charge in [0.25, 0.3) is 0 Å². The van der Waals surface area contributed by atoms with Crippen molar-refractivity contribution in [2.75, 3.05) is 19.7 Å². The summed E-state index contributed by atoms with van der Waals surface area (Å²) in [5.41, 5.74) is 3.05. The summed E-state index contributed by atoms with van der Waals surface area (Å²) in [6.07, 6.45) is 2.45. The van der Waals surface area contributed by atoms with Gasteiger partial charge in [0.15, 0.2) is 0 Å². The topological polar surface area (TPSA) is 42.4 Å². The van der Waals surface area contributed by atoms with Crippen LogP contribution in [0.4, 0.5) is 0 Å². The van der Waals surface area contributed by atoms with Gasteiger partial charge in [-0.05, 0) is 23.3 Å². The van der Waals surface area contributed by atoms with Crippen LogP contribution in [0.25, 0.3) is 0 Å². The van der Waals surface area contributed by atoms with Crippen LogP contribution in [-0.2, 0) is 16.0 Å². The molecule has 5 heteroatoms. The van der Waals surface area contributed by atoms with Crippen LogP contribution in [0.5, 0.6) is 0 Å². The molecule has 1 fully saturated rings. The van der Waals surface area contributed by atoms with Gasteiger partial charge >= 0.3 is 0 Å². The number of amides is 1. The van der Waals surface area contributed by atoms with Gasteiger partial charge in [-0.15, -0.1) is 0 Å². The van der Waals surface area contributed by atoms with E-state index >= 15 is 0 Å². The van der Waals surface area contributed by atoms with E-state index in [9.17, 15) is 4.79 Å². The lowest BCUT2D eigenvalue weighted by Crippen LogP contribution is -2.44. The molecule has 0 bridgehead atoms. The van der Waals surface area contributed by atoms with Gasteiger partial charge in [0.2, 0.25) is 5.91 Å². The molecule has 2 aromatic rings. The second kappa shape index (κ2) is 7.98. The number of pyridine rings is 1. The normalized spacial score (nSPS) is 17.8. The van der Waals surface area contributed by atoms with Gasteiger partial charge in [0.05, 0.1) is 18.8 Å². The summed E-state index contributed by atoms with van der Waals surface area (Å²) >= 11 is 6.22. The van der Waals surface area contributed by atoms with E-state index in [1.165, 1.54) is 0 Å². The average Bonchev–Trinajstić information content (AvgIpc) is 2.63. The maximum absolute atomic E-state index is 12.2. The standard InChI is InChI=1S/C20H23ClN2O2/c1-14(2)20(24)23-9-10-25-19(13-23)18-8-7-15(12-22-18)11-16-5-3-4-6-17(16)21/h3-8,12,14,19H,9-11,13H2,1-2H3/t19-/m1/s1. The van der Waals surface area contributed by atoms with Crippen LogP contribution in [0.15, 0.2) is 42.6 Å². The van der Waals surface area contributed by atoms with Crippen molar-refractivity contribution in [2.24, 2.45) is 5.92 Å². The quantitative estimate of drug-likeness (QED) is 0.832. The number of morpholine rings is 1. The molecule has 0 unspecified atom stereocenters. The first-order chi connectivity index (χ1) is 12.0. The summed E-state index contributed by atoms with van der Waals surface area (Å²) in [4.78, 5) is 18.6. The Hall–Kier alpha value is -1.91. The lowest BCUT2D eigenvalue weighted by atomic mass is 10.1. The fraction of sp³-hybridized carbons (Fsp3) is 0.400. The fourth-order valence-corrected chi connectivity index (χ4v) is 3.19. The van der Waals surface area contributed by atoms with Crippen LogP contribution < -0.4 is 0 Å². The molecule has 0 N–H and O–H groups in total. The Labute approximate surface area is 153 Å². The number of hydrogen-bond acceptors (Lipinski definition) is 3. The Morgan fingerprint density at radius 3 is 2.80 bits per heavy atom. The molecular weight excluding hydrogens is 336 g/mol. The van der Waals surface area contributed by atoms with Gasteiger partial charge in [-0.1, -0.05) is 49.7 Å². The zero-order valence-electron chi connectivity index (χ0n) is 14.6. The van der Waals surface area contributed by atoms with Crippen molar-refractivity contribution >= 4 is 17.5 Å².